The molecule has 0 atom stereocenters. The summed E-state index contributed by atoms with van der Waals surface area (Å²) in [6.07, 6.45) is -2.59. The number of hydrogen-bond acceptors (Lipinski definition) is 2. The van der Waals surface area contributed by atoms with Gasteiger partial charge in [0.1, 0.15) is 4.88 Å². The van der Waals surface area contributed by atoms with E-state index in [0.717, 1.165) is 29.7 Å². The largest absolute Gasteiger partial charge is 0.425 e. The van der Waals surface area contributed by atoms with Crippen LogP contribution in [0.4, 0.5) is 13.2 Å². The van der Waals surface area contributed by atoms with Gasteiger partial charge in [-0.3, -0.25) is 0 Å². The lowest BCUT2D eigenvalue weighted by molar-refractivity contribution is -0.134. The fourth-order valence-corrected chi connectivity index (χ4v) is 2.60. The maximum absolute atomic E-state index is 12.5. The van der Waals surface area contributed by atoms with Crippen LogP contribution in [0.2, 0.25) is 0 Å². The Labute approximate surface area is 101 Å². The van der Waals surface area contributed by atoms with E-state index >= 15 is 0 Å². The second kappa shape index (κ2) is 4.66. The lowest BCUT2D eigenvalue weighted by Crippen LogP contribution is -2.00. The lowest BCUT2D eigenvalue weighted by Gasteiger charge is -1.99. The molecule has 2 rings (SSSR count). The van der Waals surface area contributed by atoms with Crippen LogP contribution in [0.25, 0.3) is 10.1 Å². The average molecular weight is 259 g/mol. The van der Waals surface area contributed by atoms with Crippen LogP contribution < -0.4 is 5.73 Å². The van der Waals surface area contributed by atoms with Gasteiger partial charge in [-0.15, -0.1) is 11.3 Å². The molecule has 1 aromatic heterocycles. The quantitative estimate of drug-likeness (QED) is 0.891. The minimum absolute atomic E-state index is 0.538. The average Bonchev–Trinajstić information content (AvgIpc) is 2.68. The Bertz CT molecular complexity index is 516. The first-order valence-electron chi connectivity index (χ1n) is 5.30. The van der Waals surface area contributed by atoms with Crippen molar-refractivity contribution >= 4 is 21.4 Å². The van der Waals surface area contributed by atoms with E-state index in [2.05, 4.69) is 0 Å². The third-order valence-corrected chi connectivity index (χ3v) is 3.69. The molecule has 0 aliphatic heterocycles. The van der Waals surface area contributed by atoms with Gasteiger partial charge in [-0.1, -0.05) is 12.1 Å². The number of rotatable bonds is 3. The van der Waals surface area contributed by atoms with Crippen molar-refractivity contribution in [2.24, 2.45) is 5.73 Å². The van der Waals surface area contributed by atoms with Crippen molar-refractivity contribution in [1.82, 2.24) is 0 Å². The fraction of sp³-hybridized carbons (Fsp3) is 0.333. The van der Waals surface area contributed by atoms with Crippen LogP contribution >= 0.6 is 11.3 Å². The first-order chi connectivity index (χ1) is 8.00. The summed E-state index contributed by atoms with van der Waals surface area (Å²) in [7, 11) is 0. The topological polar surface area (TPSA) is 26.0 Å². The molecule has 0 aliphatic carbocycles. The van der Waals surface area contributed by atoms with E-state index in [1.54, 1.807) is 6.07 Å². The summed E-state index contributed by atoms with van der Waals surface area (Å²) in [5.41, 5.74) is 6.44. The number of aryl methyl sites for hydroxylation is 1. The van der Waals surface area contributed by atoms with Gasteiger partial charge in [-0.05, 0) is 42.5 Å². The fourth-order valence-electron chi connectivity index (χ4n) is 1.69. The predicted molar refractivity (Wildman–Crippen MR) is 64.2 cm³/mol. The van der Waals surface area contributed by atoms with E-state index in [4.69, 9.17) is 5.73 Å². The Morgan fingerprint density at radius 1 is 1.18 bits per heavy atom. The highest BCUT2D eigenvalue weighted by atomic mass is 32.1. The number of benzene rings is 1. The summed E-state index contributed by atoms with van der Waals surface area (Å²) >= 11 is 0.787. The van der Waals surface area contributed by atoms with Crippen LogP contribution in [-0.4, -0.2) is 6.54 Å². The lowest BCUT2D eigenvalue weighted by atomic mass is 10.1. The molecule has 2 N–H and O–H groups in total. The molecule has 0 fully saturated rings. The molecule has 1 heterocycles. The number of halogens is 3. The van der Waals surface area contributed by atoms with Gasteiger partial charge in [-0.25, -0.2) is 0 Å². The molecule has 0 amide bonds. The van der Waals surface area contributed by atoms with Crippen LogP contribution in [0.5, 0.6) is 0 Å². The van der Waals surface area contributed by atoms with Crippen molar-refractivity contribution in [3.05, 3.63) is 34.7 Å². The van der Waals surface area contributed by atoms with Gasteiger partial charge in [0.15, 0.2) is 0 Å². The molecule has 17 heavy (non-hydrogen) atoms. The Morgan fingerprint density at radius 2 is 1.94 bits per heavy atom. The minimum Gasteiger partial charge on any atom is -0.330 e. The molecule has 1 aromatic carbocycles. The summed E-state index contributed by atoms with van der Waals surface area (Å²) in [5, 5.41) is 0.664. The Balaban J connectivity index is 2.34. The maximum Gasteiger partial charge on any atom is 0.425 e. The maximum atomic E-state index is 12.5. The molecule has 1 nitrogen and oxygen atoms in total. The van der Waals surface area contributed by atoms with Crippen molar-refractivity contribution in [3.8, 4) is 0 Å². The third kappa shape index (κ3) is 2.79. The van der Waals surface area contributed by atoms with Gasteiger partial charge < -0.3 is 5.73 Å². The molecule has 0 bridgehead atoms. The molecule has 0 unspecified atom stereocenters. The molecular weight excluding hydrogens is 247 g/mol. The molecule has 2 aromatic rings. The van der Waals surface area contributed by atoms with Crippen molar-refractivity contribution in [2.45, 2.75) is 19.0 Å². The summed E-state index contributed by atoms with van der Waals surface area (Å²) in [6.45, 7) is 0.593. The molecule has 0 spiro atoms. The first-order valence-corrected chi connectivity index (χ1v) is 6.12. The van der Waals surface area contributed by atoms with Crippen LogP contribution in [0.3, 0.4) is 0 Å². The second-order valence-electron chi connectivity index (χ2n) is 3.87. The zero-order chi connectivity index (χ0) is 12.5. The molecule has 92 valence electrons. The normalized spacial score (nSPS) is 12.2. The van der Waals surface area contributed by atoms with E-state index in [9.17, 15) is 13.2 Å². The van der Waals surface area contributed by atoms with E-state index in [0.29, 0.717) is 16.6 Å². The Morgan fingerprint density at radius 3 is 2.59 bits per heavy atom. The molecule has 0 aliphatic rings. The zero-order valence-corrected chi connectivity index (χ0v) is 9.87. The smallest absolute Gasteiger partial charge is 0.330 e. The van der Waals surface area contributed by atoms with E-state index in [-0.39, 0.29) is 0 Å². The number of thiophene rings is 1. The van der Waals surface area contributed by atoms with Crippen LogP contribution in [0, 0.1) is 0 Å². The van der Waals surface area contributed by atoms with Gasteiger partial charge in [-0.2, -0.15) is 13.2 Å². The standard InChI is InChI=1S/C12H12F3NS/c13-12(14,15)11-7-9-6-8(2-1-5-16)3-4-10(9)17-11/h3-4,6-7H,1-2,5,16H2. The van der Waals surface area contributed by atoms with Gasteiger partial charge in [0.2, 0.25) is 0 Å². The van der Waals surface area contributed by atoms with E-state index < -0.39 is 11.1 Å². The van der Waals surface area contributed by atoms with Gasteiger partial charge in [0, 0.05) is 4.70 Å². The highest BCUT2D eigenvalue weighted by molar-refractivity contribution is 7.19. The summed E-state index contributed by atoms with van der Waals surface area (Å²) in [5.74, 6) is 0. The monoisotopic (exact) mass is 259 g/mol. The van der Waals surface area contributed by atoms with Gasteiger partial charge in [0.25, 0.3) is 0 Å². The summed E-state index contributed by atoms with van der Waals surface area (Å²) in [6, 6.07) is 6.65. The molecule has 0 radical (unpaired) electrons. The summed E-state index contributed by atoms with van der Waals surface area (Å²) in [4.78, 5) is -0.538. The Kier molecular flexibility index (Phi) is 3.40. The van der Waals surface area contributed by atoms with Crippen LogP contribution in [0.15, 0.2) is 24.3 Å². The van der Waals surface area contributed by atoms with E-state index in [1.165, 1.54) is 6.07 Å². The van der Waals surface area contributed by atoms with Gasteiger partial charge in [0.05, 0.1) is 0 Å². The molecule has 0 saturated carbocycles. The third-order valence-electron chi connectivity index (χ3n) is 2.53. The number of alkyl halides is 3. The number of nitrogens with two attached hydrogens (primary N) is 1. The van der Waals surface area contributed by atoms with Crippen molar-refractivity contribution in [3.63, 3.8) is 0 Å². The zero-order valence-electron chi connectivity index (χ0n) is 9.05. The highest BCUT2D eigenvalue weighted by Crippen LogP contribution is 2.38. The van der Waals surface area contributed by atoms with Crippen LogP contribution in [-0.2, 0) is 12.6 Å². The molecular formula is C12H12F3NS. The van der Waals surface area contributed by atoms with Gasteiger partial charge >= 0.3 is 6.18 Å². The van der Waals surface area contributed by atoms with Crippen LogP contribution in [0.1, 0.15) is 16.9 Å². The first kappa shape index (κ1) is 12.4. The van der Waals surface area contributed by atoms with Crippen molar-refractivity contribution < 1.29 is 13.2 Å². The van der Waals surface area contributed by atoms with Crippen molar-refractivity contribution in [2.75, 3.05) is 6.54 Å². The SMILES string of the molecule is NCCCc1ccc2sc(C(F)(F)F)cc2c1. The number of hydrogen-bond donors (Lipinski definition) is 1. The minimum atomic E-state index is -4.25. The Hall–Kier alpha value is -1.07. The molecule has 5 heteroatoms. The highest BCUT2D eigenvalue weighted by Gasteiger charge is 2.32. The molecule has 0 saturated heterocycles. The second-order valence-corrected chi connectivity index (χ2v) is 4.96. The predicted octanol–water partition coefficient (Wildman–Crippen LogP) is 3.81. The van der Waals surface area contributed by atoms with Crippen molar-refractivity contribution in [1.29, 1.82) is 0 Å². The van der Waals surface area contributed by atoms with E-state index in [1.807, 2.05) is 12.1 Å². The number of fused-ring (bicyclic) bond motifs is 1. The summed E-state index contributed by atoms with van der Waals surface area (Å²) < 4.78 is 38.2.